The fourth-order valence-electron chi connectivity index (χ4n) is 2.71. The van der Waals surface area contributed by atoms with Crippen molar-refractivity contribution in [2.24, 2.45) is 5.92 Å². The summed E-state index contributed by atoms with van der Waals surface area (Å²) >= 11 is 1.38. The number of aryl methyl sites for hydroxylation is 1. The van der Waals surface area contributed by atoms with Crippen LogP contribution in [-0.4, -0.2) is 28.6 Å². The molecule has 1 fully saturated rings. The van der Waals surface area contributed by atoms with Crippen LogP contribution in [0.1, 0.15) is 36.8 Å². The number of anilines is 2. The molecule has 3 rings (SSSR count). The minimum absolute atomic E-state index is 0.0235. The molecule has 2 heterocycles. The minimum atomic E-state index is -0.372. The lowest BCUT2D eigenvalue weighted by molar-refractivity contribution is -0.122. The molecule has 0 bridgehead atoms. The maximum absolute atomic E-state index is 12.5. The number of nitrogens with zero attached hydrogens (tertiary/aromatic N) is 3. The Bertz CT molecular complexity index is 771. The molecule has 2 aromatic rings. The van der Waals surface area contributed by atoms with Gasteiger partial charge in [0.2, 0.25) is 16.9 Å². The summed E-state index contributed by atoms with van der Waals surface area (Å²) in [5.74, 6) is -0.295. The van der Waals surface area contributed by atoms with Gasteiger partial charge in [0.05, 0.1) is 5.92 Å². The first kappa shape index (κ1) is 16.6. The Kier molecular flexibility index (Phi) is 4.62. The number of rotatable bonds is 4. The van der Waals surface area contributed by atoms with Gasteiger partial charge in [-0.25, -0.2) is 0 Å². The molecule has 2 amide bonds. The van der Waals surface area contributed by atoms with Gasteiger partial charge in [0.25, 0.3) is 0 Å². The van der Waals surface area contributed by atoms with E-state index in [0.29, 0.717) is 11.7 Å². The molecule has 1 aliphatic rings. The highest BCUT2D eigenvalue weighted by Crippen LogP contribution is 2.29. The molecule has 24 heavy (non-hydrogen) atoms. The van der Waals surface area contributed by atoms with Crippen LogP contribution in [0.4, 0.5) is 10.8 Å². The van der Waals surface area contributed by atoms with Crippen molar-refractivity contribution in [3.8, 4) is 0 Å². The fourth-order valence-corrected chi connectivity index (χ4v) is 3.46. The Labute approximate surface area is 144 Å². The third-order valence-electron chi connectivity index (χ3n) is 4.07. The second-order valence-electron chi connectivity index (χ2n) is 6.28. The van der Waals surface area contributed by atoms with Crippen LogP contribution in [-0.2, 0) is 9.59 Å². The minimum Gasteiger partial charge on any atom is -0.311 e. The molecule has 0 saturated carbocycles. The summed E-state index contributed by atoms with van der Waals surface area (Å²) < 4.78 is 0. The Morgan fingerprint density at radius 2 is 2.08 bits per heavy atom. The SMILES string of the molecule is Cc1ccccc1N1CC(C(=O)Nc2nnc(C(C)C)s2)CC1=O. The van der Waals surface area contributed by atoms with Gasteiger partial charge in [0, 0.05) is 24.6 Å². The molecule has 0 aliphatic carbocycles. The van der Waals surface area contributed by atoms with Crippen LogP contribution < -0.4 is 10.2 Å². The Morgan fingerprint density at radius 3 is 2.75 bits per heavy atom. The summed E-state index contributed by atoms with van der Waals surface area (Å²) in [6, 6.07) is 7.71. The van der Waals surface area contributed by atoms with Gasteiger partial charge in [-0.15, -0.1) is 10.2 Å². The van der Waals surface area contributed by atoms with Crippen molar-refractivity contribution in [3.63, 3.8) is 0 Å². The Balaban J connectivity index is 1.68. The number of benzene rings is 1. The number of carbonyl (C=O) groups is 2. The summed E-state index contributed by atoms with van der Waals surface area (Å²) in [7, 11) is 0. The Morgan fingerprint density at radius 1 is 1.33 bits per heavy atom. The van der Waals surface area contributed by atoms with Crippen LogP contribution in [0.5, 0.6) is 0 Å². The molecule has 1 atom stereocenters. The van der Waals surface area contributed by atoms with Crippen LogP contribution in [0.2, 0.25) is 0 Å². The van der Waals surface area contributed by atoms with E-state index >= 15 is 0 Å². The molecule has 126 valence electrons. The van der Waals surface area contributed by atoms with E-state index in [9.17, 15) is 9.59 Å². The highest BCUT2D eigenvalue weighted by atomic mass is 32.1. The molecular weight excluding hydrogens is 324 g/mol. The second-order valence-corrected chi connectivity index (χ2v) is 7.29. The van der Waals surface area contributed by atoms with E-state index in [4.69, 9.17) is 0 Å². The highest BCUT2D eigenvalue weighted by Gasteiger charge is 2.36. The van der Waals surface area contributed by atoms with Gasteiger partial charge in [-0.05, 0) is 18.6 Å². The Hall–Kier alpha value is -2.28. The number of nitrogens with one attached hydrogen (secondary N) is 1. The predicted molar refractivity (Wildman–Crippen MR) is 94.3 cm³/mol. The van der Waals surface area contributed by atoms with Crippen molar-refractivity contribution >= 4 is 34.0 Å². The summed E-state index contributed by atoms with van der Waals surface area (Å²) in [4.78, 5) is 26.5. The van der Waals surface area contributed by atoms with Gasteiger partial charge in [-0.3, -0.25) is 9.59 Å². The van der Waals surface area contributed by atoms with E-state index < -0.39 is 0 Å². The largest absolute Gasteiger partial charge is 0.311 e. The average molecular weight is 344 g/mol. The van der Waals surface area contributed by atoms with Crippen LogP contribution in [0.15, 0.2) is 24.3 Å². The number of hydrogen-bond acceptors (Lipinski definition) is 5. The standard InChI is InChI=1S/C17H20N4O2S/c1-10(2)16-19-20-17(24-16)18-15(23)12-8-14(22)21(9-12)13-7-5-4-6-11(13)3/h4-7,10,12H,8-9H2,1-3H3,(H,18,20,23). The van der Waals surface area contributed by atoms with Gasteiger partial charge >= 0.3 is 0 Å². The van der Waals surface area contributed by atoms with Crippen LogP contribution in [0, 0.1) is 12.8 Å². The molecular formula is C17H20N4O2S. The molecule has 1 N–H and O–H groups in total. The van der Waals surface area contributed by atoms with Gasteiger partial charge < -0.3 is 10.2 Å². The molecule has 1 saturated heterocycles. The lowest BCUT2D eigenvalue weighted by atomic mass is 10.1. The van der Waals surface area contributed by atoms with E-state index in [1.54, 1.807) is 4.90 Å². The lowest BCUT2D eigenvalue weighted by Crippen LogP contribution is -2.28. The summed E-state index contributed by atoms with van der Waals surface area (Å²) in [6.45, 7) is 6.42. The highest BCUT2D eigenvalue weighted by molar-refractivity contribution is 7.15. The van der Waals surface area contributed by atoms with Crippen molar-refractivity contribution < 1.29 is 9.59 Å². The molecule has 0 radical (unpaired) electrons. The van der Waals surface area contributed by atoms with Gasteiger partial charge in [0.15, 0.2) is 0 Å². The van der Waals surface area contributed by atoms with Crippen LogP contribution >= 0.6 is 11.3 Å². The summed E-state index contributed by atoms with van der Waals surface area (Å²) in [6.07, 6.45) is 0.218. The van der Waals surface area contributed by atoms with Crippen molar-refractivity contribution in [1.29, 1.82) is 0 Å². The van der Waals surface area contributed by atoms with Gasteiger partial charge in [-0.1, -0.05) is 43.4 Å². The normalized spacial score (nSPS) is 17.6. The number of carbonyl (C=O) groups excluding carboxylic acids is 2. The molecule has 0 spiro atoms. The third kappa shape index (κ3) is 3.31. The summed E-state index contributed by atoms with van der Waals surface area (Å²) in [5.41, 5.74) is 1.90. The first-order valence-electron chi connectivity index (χ1n) is 7.96. The number of amides is 2. The smallest absolute Gasteiger partial charge is 0.231 e. The van der Waals surface area contributed by atoms with Crippen molar-refractivity contribution in [3.05, 3.63) is 34.8 Å². The maximum Gasteiger partial charge on any atom is 0.231 e. The van der Waals surface area contributed by atoms with Crippen molar-refractivity contribution in [1.82, 2.24) is 10.2 Å². The van der Waals surface area contributed by atoms with Gasteiger partial charge in [-0.2, -0.15) is 0 Å². The fraction of sp³-hybridized carbons (Fsp3) is 0.412. The molecule has 1 aliphatic heterocycles. The molecule has 1 aromatic carbocycles. The molecule has 1 aromatic heterocycles. The second kappa shape index (κ2) is 6.68. The topological polar surface area (TPSA) is 75.2 Å². The maximum atomic E-state index is 12.5. The lowest BCUT2D eigenvalue weighted by Gasteiger charge is -2.18. The molecule has 1 unspecified atom stereocenters. The third-order valence-corrected chi connectivity index (χ3v) is 5.21. The van der Waals surface area contributed by atoms with Crippen molar-refractivity contribution in [2.75, 3.05) is 16.8 Å². The van der Waals surface area contributed by atoms with Gasteiger partial charge in [0.1, 0.15) is 5.01 Å². The van der Waals surface area contributed by atoms with E-state index in [1.807, 2.05) is 45.0 Å². The van der Waals surface area contributed by atoms with E-state index in [2.05, 4.69) is 15.5 Å². The first-order valence-corrected chi connectivity index (χ1v) is 8.77. The first-order chi connectivity index (χ1) is 11.5. The monoisotopic (exact) mass is 344 g/mol. The molecule has 6 nitrogen and oxygen atoms in total. The summed E-state index contributed by atoms with van der Waals surface area (Å²) in [5, 5.41) is 12.2. The zero-order chi connectivity index (χ0) is 17.3. The average Bonchev–Trinajstić information content (AvgIpc) is 3.15. The quantitative estimate of drug-likeness (QED) is 0.925. The van der Waals surface area contributed by atoms with E-state index in [1.165, 1.54) is 11.3 Å². The van der Waals surface area contributed by atoms with Crippen molar-refractivity contribution in [2.45, 2.75) is 33.1 Å². The van der Waals surface area contributed by atoms with E-state index in [0.717, 1.165) is 16.3 Å². The number of para-hydroxylation sites is 1. The van der Waals surface area contributed by atoms with E-state index in [-0.39, 0.29) is 30.1 Å². The molecule has 7 heteroatoms. The van der Waals surface area contributed by atoms with Crippen LogP contribution in [0.25, 0.3) is 0 Å². The predicted octanol–water partition coefficient (Wildman–Crippen LogP) is 2.96. The zero-order valence-electron chi connectivity index (χ0n) is 13.9. The number of aromatic nitrogens is 2. The van der Waals surface area contributed by atoms with Crippen LogP contribution in [0.3, 0.4) is 0 Å². The number of hydrogen-bond donors (Lipinski definition) is 1. The zero-order valence-corrected chi connectivity index (χ0v) is 14.8.